The lowest BCUT2D eigenvalue weighted by Crippen LogP contribution is -2.66. The van der Waals surface area contributed by atoms with Gasteiger partial charge in [-0.1, -0.05) is 45.8 Å². The number of aromatic nitrogens is 2. The van der Waals surface area contributed by atoms with Crippen molar-refractivity contribution in [2.45, 2.75) is 265 Å². The van der Waals surface area contributed by atoms with E-state index in [1.165, 1.54) is 0 Å². The zero-order chi connectivity index (χ0) is 61.7. The van der Waals surface area contributed by atoms with Crippen LogP contribution in [0, 0.1) is 34.4 Å². The van der Waals surface area contributed by atoms with Crippen LogP contribution >= 0.6 is 12.2 Å². The van der Waals surface area contributed by atoms with Crippen LogP contribution in [0.4, 0.5) is 0 Å². The van der Waals surface area contributed by atoms with Crippen molar-refractivity contribution in [1.29, 1.82) is 0 Å². The van der Waals surface area contributed by atoms with Crippen LogP contribution < -0.4 is 27.0 Å². The van der Waals surface area contributed by atoms with Gasteiger partial charge >= 0.3 is 0 Å². The molecule has 0 saturated carbocycles. The number of amides is 4. The highest BCUT2D eigenvalue weighted by Crippen LogP contribution is 2.58. The number of Topliss-reactive ketones (excluding diaryl/α,β-unsaturated/α-hetero) is 1. The first-order valence-electron chi connectivity index (χ1n) is 32.0. The number of carbonyl (C=O) groups is 5. The van der Waals surface area contributed by atoms with Crippen LogP contribution in [0.15, 0.2) is 36.7 Å². The molecule has 10 fully saturated rings. The average molecular weight is 1230 g/mol. The van der Waals surface area contributed by atoms with Crippen molar-refractivity contribution in [1.82, 2.24) is 31.2 Å². The summed E-state index contributed by atoms with van der Waals surface area (Å²) in [6.45, 7) is 16.6. The second-order valence-corrected chi connectivity index (χ2v) is 26.8. The molecule has 1 aromatic rings. The lowest BCUT2D eigenvalue weighted by molar-refractivity contribution is -0.301. The monoisotopic (exact) mass is 1230 g/mol. The predicted molar refractivity (Wildman–Crippen MR) is 320 cm³/mol. The highest BCUT2D eigenvalue weighted by molar-refractivity contribution is 7.71. The molecule has 12 bridgehead atoms. The number of hydrogen-bond acceptors (Lipinski definition) is 18. The molecule has 21 atom stereocenters. The van der Waals surface area contributed by atoms with E-state index in [-0.39, 0.29) is 111 Å². The zero-order valence-electron chi connectivity index (χ0n) is 51.3. The number of ketones is 1. The number of fused-ring (bicyclic) bond motifs is 6. The predicted octanol–water partition coefficient (Wildman–Crippen LogP) is 4.53. The van der Waals surface area contributed by atoms with E-state index in [0.717, 1.165) is 43.3 Å². The van der Waals surface area contributed by atoms with Crippen LogP contribution in [0.25, 0.3) is 0 Å². The van der Waals surface area contributed by atoms with E-state index < -0.39 is 96.4 Å². The maximum Gasteiger partial charge on any atom is 0.243 e. The Kier molecular flexibility index (Phi) is 21.6. The maximum absolute atomic E-state index is 14.6. The third-order valence-electron chi connectivity index (χ3n) is 19.6. The minimum Gasteiger partial charge on any atom is -0.391 e. The highest BCUT2D eigenvalue weighted by Gasteiger charge is 2.73. The molecule has 0 radical (unpaired) electrons. The fraction of sp³-hybridized carbons (Fsp3) is 0.766. The Morgan fingerprint density at radius 2 is 1.67 bits per heavy atom. The molecule has 10 aliphatic rings. The van der Waals surface area contributed by atoms with Crippen molar-refractivity contribution in [2.24, 2.45) is 23.5 Å². The highest BCUT2D eigenvalue weighted by atomic mass is 32.1. The summed E-state index contributed by atoms with van der Waals surface area (Å²) in [5.74, 6) is 2.50. The molecule has 480 valence electrons. The summed E-state index contributed by atoms with van der Waals surface area (Å²) in [5.41, 5.74) is 7.78. The Morgan fingerprint density at radius 3 is 2.44 bits per heavy atom. The number of rotatable bonds is 19. The molecular formula is C64H93N7O15S. The van der Waals surface area contributed by atoms with E-state index in [1.807, 2.05) is 0 Å². The average Bonchev–Trinajstić information content (AvgIpc) is 1.68. The minimum atomic E-state index is -1.11. The molecule has 10 aliphatic heterocycles. The quantitative estimate of drug-likeness (QED) is 0.0433. The van der Waals surface area contributed by atoms with Gasteiger partial charge in [0.2, 0.25) is 23.6 Å². The lowest BCUT2D eigenvalue weighted by atomic mass is 9.79. The van der Waals surface area contributed by atoms with Gasteiger partial charge in [0.25, 0.3) is 0 Å². The molecule has 1 aromatic heterocycles. The number of nitrogens with one attached hydrogen (secondary N) is 5. The van der Waals surface area contributed by atoms with Gasteiger partial charge in [0.15, 0.2) is 10.6 Å². The summed E-state index contributed by atoms with van der Waals surface area (Å²) in [4.78, 5) is 75.1. The van der Waals surface area contributed by atoms with Crippen molar-refractivity contribution in [3.8, 4) is 11.8 Å². The number of aromatic amines is 1. The van der Waals surface area contributed by atoms with Gasteiger partial charge in [-0.2, -0.15) is 0 Å². The van der Waals surface area contributed by atoms with Gasteiger partial charge in [0.05, 0.1) is 79.3 Å². The van der Waals surface area contributed by atoms with Crippen LogP contribution in [-0.4, -0.2) is 186 Å². The molecular weight excluding hydrogens is 1140 g/mol. The number of H-pyrrole nitrogens is 1. The number of unbranched alkanes of at least 4 members (excludes halogenated alkanes) is 2. The summed E-state index contributed by atoms with van der Waals surface area (Å²) in [6.07, 6.45) is 6.94. The summed E-state index contributed by atoms with van der Waals surface area (Å²) in [5, 5.41) is 22.6. The fourth-order valence-electron chi connectivity index (χ4n) is 15.0. The smallest absolute Gasteiger partial charge is 0.243 e. The molecule has 8 N–H and O–H groups in total. The lowest BCUT2D eigenvalue weighted by Gasteiger charge is -2.51. The number of nitrogens with zero attached hydrogens (tertiary/aromatic N) is 1. The molecule has 11 heterocycles. The van der Waals surface area contributed by atoms with Crippen LogP contribution in [0.3, 0.4) is 0 Å². The number of methoxy groups -OCH3 is 1. The Morgan fingerprint density at radius 1 is 0.874 bits per heavy atom. The normalized spacial score (nSPS) is 37.2. The molecule has 1 spiro atoms. The van der Waals surface area contributed by atoms with Crippen LogP contribution in [0.2, 0.25) is 0 Å². The van der Waals surface area contributed by atoms with Gasteiger partial charge in [-0.25, -0.2) is 4.98 Å². The molecule has 22 nitrogen and oxygen atoms in total. The summed E-state index contributed by atoms with van der Waals surface area (Å²) in [6, 6.07) is -1.96. The maximum atomic E-state index is 14.6. The SMILES string of the molecule is C=C1C[C@@H]2CC[C@@]34CC5O[C@H]6[C@@H](O3)[C@H]3O[C@H](CC[C@@H]3O[C@@]6(C)[C@H]5O4)CC(=O)C[C@@H]3[C@@H](OC)[C@@H](C[C@H](O)CNC(=O)CNC(=O)[C@H](CCCCN)NC(=O)[C@@H](NC(=O)CCCC#Cc4cnc(=S)[nH]c4)C(C)C)O[C@H]3C[C@H]3O[C@@H](CCC1O2)C[C@@H](C)C3=C. The van der Waals surface area contributed by atoms with Gasteiger partial charge in [0.1, 0.15) is 47.9 Å². The van der Waals surface area contributed by atoms with E-state index >= 15 is 0 Å². The van der Waals surface area contributed by atoms with Crippen LogP contribution in [0.5, 0.6) is 0 Å². The Bertz CT molecular complexity index is 2770. The first-order valence-corrected chi connectivity index (χ1v) is 32.4. The van der Waals surface area contributed by atoms with Crippen LogP contribution in [-0.2, 0) is 66.6 Å². The molecule has 23 heteroatoms. The standard InChI is InChI=1S/C64H93N7O15S/c1-34(2)54(71-52(74)15-10-8-9-13-38-30-68-62(87)69-31-38)61(77)70-45(14-11-12-22-65)60(76)67-33-53(75)66-32-40(73)27-50-55(78-7)44-26-39(72)25-42-17-19-47-56(81-42)57-59-63(6,84-47)58-51(83-59)29-64(85-57,86-58)21-20-43-24-36(4)46(79-43)18-16-41-23-35(3)37(5)48(80-41)28-49(44)82-50/h30-31,34-35,40-51,54-59,73H,4-5,8,10-12,14-29,32-33,65H2,1-3,6-7H3,(H,66,75)(H,67,76)(H,70,77)(H,71,74)(H,68,69,87)/t35-,40+,41+,42-,43+,44+,45+,46?,47+,48-,49+,50-,51?,54+,55-,56+,57+,58+,59+,63+,64-/m1/s1. The third-order valence-corrected chi connectivity index (χ3v) is 19.8. The Balaban J connectivity index is 0.757. The second-order valence-electron chi connectivity index (χ2n) is 26.4. The summed E-state index contributed by atoms with van der Waals surface area (Å²) < 4.78 is 61.7. The minimum absolute atomic E-state index is 0.00430. The van der Waals surface area contributed by atoms with E-state index in [2.05, 4.69) is 70.1 Å². The van der Waals surface area contributed by atoms with Crippen molar-refractivity contribution in [3.63, 3.8) is 0 Å². The molecule has 87 heavy (non-hydrogen) atoms. The van der Waals surface area contributed by atoms with Crippen LogP contribution in [0.1, 0.15) is 155 Å². The number of carbonyl (C=O) groups excluding carboxylic acids is 5. The van der Waals surface area contributed by atoms with Gasteiger partial charge in [0, 0.05) is 83.3 Å². The van der Waals surface area contributed by atoms with Gasteiger partial charge < -0.3 is 79.7 Å². The second kappa shape index (κ2) is 28.7. The molecule has 0 aliphatic carbocycles. The molecule has 2 unspecified atom stereocenters. The van der Waals surface area contributed by atoms with E-state index in [9.17, 15) is 29.1 Å². The Hall–Kier alpha value is -4.55. The summed E-state index contributed by atoms with van der Waals surface area (Å²) >= 11 is 4.97. The zero-order valence-corrected chi connectivity index (χ0v) is 52.1. The van der Waals surface area contributed by atoms with E-state index in [1.54, 1.807) is 33.4 Å². The van der Waals surface area contributed by atoms with Gasteiger partial charge in [-0.05, 0) is 119 Å². The first-order chi connectivity index (χ1) is 41.7. The fourth-order valence-corrected chi connectivity index (χ4v) is 15.1. The largest absolute Gasteiger partial charge is 0.391 e. The molecule has 4 amide bonds. The number of hydrogen-bond donors (Lipinski definition) is 7. The first kappa shape index (κ1) is 65.4. The van der Waals surface area contributed by atoms with E-state index in [4.69, 9.17) is 60.6 Å². The molecule has 10 saturated heterocycles. The topological polar surface area (TPSA) is 291 Å². The van der Waals surface area contributed by atoms with Gasteiger partial charge in [-0.15, -0.1) is 0 Å². The molecule has 11 rings (SSSR count). The summed E-state index contributed by atoms with van der Waals surface area (Å²) in [7, 11) is 1.59. The number of aliphatic hydroxyl groups excluding tert-OH is 1. The number of aliphatic hydroxyl groups is 1. The van der Waals surface area contributed by atoms with Crippen molar-refractivity contribution >= 4 is 41.6 Å². The number of nitrogens with two attached hydrogens (primary N) is 1. The molecule has 0 aromatic carbocycles. The Labute approximate surface area is 516 Å². The third kappa shape index (κ3) is 15.4. The van der Waals surface area contributed by atoms with E-state index in [0.29, 0.717) is 74.7 Å². The number of ether oxygens (including phenoxy) is 9. The van der Waals surface area contributed by atoms with Crippen molar-refractivity contribution in [3.05, 3.63) is 47.0 Å². The van der Waals surface area contributed by atoms with Crippen molar-refractivity contribution < 1.29 is 71.7 Å². The van der Waals surface area contributed by atoms with Gasteiger partial charge in [-0.3, -0.25) is 24.0 Å². The van der Waals surface area contributed by atoms with Crippen molar-refractivity contribution in [2.75, 3.05) is 26.7 Å².